The van der Waals surface area contributed by atoms with Gasteiger partial charge in [0.25, 0.3) is 5.91 Å². The van der Waals surface area contributed by atoms with E-state index < -0.39 is 5.91 Å². The number of hydrogen-bond acceptors (Lipinski definition) is 4. The van der Waals surface area contributed by atoms with Gasteiger partial charge >= 0.3 is 0 Å². The molecule has 2 N–H and O–H groups in total. The number of rotatable bonds is 4. The molecule has 2 aromatic rings. The number of nitrogens with two attached hydrogens (primary N) is 1. The molecule has 0 atom stereocenters. The molecule has 2 rings (SSSR count). The third kappa shape index (κ3) is 2.72. The van der Waals surface area contributed by atoms with Crippen molar-refractivity contribution in [3.8, 4) is 5.75 Å². The number of primary amides is 1. The number of benzene rings is 1. The summed E-state index contributed by atoms with van der Waals surface area (Å²) in [6.07, 6.45) is 1.43. The molecule has 0 spiro atoms. The first-order valence-electron chi connectivity index (χ1n) is 4.91. The maximum absolute atomic E-state index is 11.2. The molecular weight excluding hydrogens is 220 g/mol. The normalized spacial score (nSPS) is 11.2. The Morgan fingerprint density at radius 2 is 1.94 bits per heavy atom. The van der Waals surface area contributed by atoms with E-state index in [1.54, 1.807) is 36.4 Å². The summed E-state index contributed by atoms with van der Waals surface area (Å²) in [5.74, 6) is 0.0714. The highest BCUT2D eigenvalue weighted by molar-refractivity contribution is 6.43. The molecule has 17 heavy (non-hydrogen) atoms. The molecule has 0 aliphatic carbocycles. The van der Waals surface area contributed by atoms with Gasteiger partial charge in [0.2, 0.25) is 5.71 Å². The average molecular weight is 230 g/mol. The molecular formula is C12H10N2O3. The summed E-state index contributed by atoms with van der Waals surface area (Å²) in [7, 11) is 0. The Kier molecular flexibility index (Phi) is 3.20. The highest BCUT2D eigenvalue weighted by Gasteiger charge is 2.14. The Hall–Kier alpha value is -2.56. The van der Waals surface area contributed by atoms with Gasteiger partial charge in [-0.2, -0.15) is 0 Å². The van der Waals surface area contributed by atoms with Gasteiger partial charge in [-0.15, -0.1) is 0 Å². The lowest BCUT2D eigenvalue weighted by atomic mass is 10.3. The zero-order chi connectivity index (χ0) is 12.1. The first kappa shape index (κ1) is 10.9. The summed E-state index contributed by atoms with van der Waals surface area (Å²) in [6.45, 7) is 0. The number of nitrogens with zero attached hydrogens (tertiary/aromatic N) is 1. The molecule has 86 valence electrons. The molecule has 0 aliphatic rings. The molecule has 0 saturated carbocycles. The zero-order valence-corrected chi connectivity index (χ0v) is 8.87. The minimum atomic E-state index is -0.712. The monoisotopic (exact) mass is 230 g/mol. The number of hydrogen-bond donors (Lipinski definition) is 1. The van der Waals surface area contributed by atoms with Crippen LogP contribution in [0.1, 0.15) is 5.76 Å². The Balaban J connectivity index is 2.21. The number of oxime groups is 1. The van der Waals surface area contributed by atoms with E-state index >= 15 is 0 Å². The van der Waals surface area contributed by atoms with Crippen molar-refractivity contribution < 1.29 is 14.0 Å². The molecule has 0 radical (unpaired) electrons. The highest BCUT2D eigenvalue weighted by atomic mass is 16.6. The molecule has 1 aromatic carbocycles. The second-order valence-electron chi connectivity index (χ2n) is 3.19. The van der Waals surface area contributed by atoms with Crippen LogP contribution in [0.15, 0.2) is 58.3 Å². The van der Waals surface area contributed by atoms with Crippen LogP contribution in [0.25, 0.3) is 0 Å². The second-order valence-corrected chi connectivity index (χ2v) is 3.19. The van der Waals surface area contributed by atoms with Gasteiger partial charge in [0.05, 0.1) is 6.26 Å². The van der Waals surface area contributed by atoms with Crippen LogP contribution in [-0.2, 0) is 4.79 Å². The van der Waals surface area contributed by atoms with Crippen molar-refractivity contribution in [3.05, 3.63) is 54.5 Å². The summed E-state index contributed by atoms with van der Waals surface area (Å²) >= 11 is 0. The van der Waals surface area contributed by atoms with Gasteiger partial charge in [-0.25, -0.2) is 0 Å². The van der Waals surface area contributed by atoms with Crippen molar-refractivity contribution in [1.82, 2.24) is 0 Å². The SMILES string of the molecule is NC(=O)/C(=N\Oc1ccccc1)c1ccco1. The molecule has 0 bridgehead atoms. The lowest BCUT2D eigenvalue weighted by molar-refractivity contribution is -0.112. The lowest BCUT2D eigenvalue weighted by Gasteiger charge is -2.00. The largest absolute Gasteiger partial charge is 0.462 e. The highest BCUT2D eigenvalue weighted by Crippen LogP contribution is 2.10. The molecule has 0 aliphatic heterocycles. The van der Waals surface area contributed by atoms with Crippen LogP contribution in [0.2, 0.25) is 0 Å². The van der Waals surface area contributed by atoms with Crippen molar-refractivity contribution in [2.24, 2.45) is 10.9 Å². The lowest BCUT2D eigenvalue weighted by Crippen LogP contribution is -2.24. The summed E-state index contributed by atoms with van der Waals surface area (Å²) in [4.78, 5) is 16.3. The van der Waals surface area contributed by atoms with Gasteiger partial charge < -0.3 is 15.0 Å². The van der Waals surface area contributed by atoms with E-state index in [0.29, 0.717) is 5.75 Å². The van der Waals surface area contributed by atoms with E-state index in [0.717, 1.165) is 0 Å². The van der Waals surface area contributed by atoms with Gasteiger partial charge in [-0.3, -0.25) is 4.79 Å². The molecule has 1 amide bonds. The van der Waals surface area contributed by atoms with Crippen molar-refractivity contribution in [2.45, 2.75) is 0 Å². The maximum atomic E-state index is 11.2. The van der Waals surface area contributed by atoms with Crippen LogP contribution in [0.4, 0.5) is 0 Å². The number of furan rings is 1. The summed E-state index contributed by atoms with van der Waals surface area (Å²) in [5.41, 5.74) is 5.13. The van der Waals surface area contributed by atoms with E-state index in [4.69, 9.17) is 15.0 Å². The fraction of sp³-hybridized carbons (Fsp3) is 0. The van der Waals surface area contributed by atoms with Gasteiger partial charge in [0.1, 0.15) is 0 Å². The molecule has 0 fully saturated rings. The van der Waals surface area contributed by atoms with Crippen molar-refractivity contribution in [2.75, 3.05) is 0 Å². The molecule has 0 saturated heterocycles. The third-order valence-corrected chi connectivity index (χ3v) is 1.97. The van der Waals surface area contributed by atoms with Crippen LogP contribution in [0, 0.1) is 0 Å². The molecule has 0 unspecified atom stereocenters. The van der Waals surface area contributed by atoms with E-state index in [2.05, 4.69) is 5.16 Å². The van der Waals surface area contributed by atoms with Crippen LogP contribution < -0.4 is 10.6 Å². The molecule has 5 nitrogen and oxygen atoms in total. The smallest absolute Gasteiger partial charge is 0.274 e. The molecule has 5 heteroatoms. The summed E-state index contributed by atoms with van der Waals surface area (Å²) in [6, 6.07) is 12.1. The zero-order valence-electron chi connectivity index (χ0n) is 8.87. The number of amides is 1. The van der Waals surface area contributed by atoms with Gasteiger partial charge in [0.15, 0.2) is 11.5 Å². The van der Waals surface area contributed by atoms with Crippen LogP contribution in [0.3, 0.4) is 0 Å². The van der Waals surface area contributed by atoms with E-state index in [-0.39, 0.29) is 11.5 Å². The molecule has 1 heterocycles. The van der Waals surface area contributed by atoms with Crippen LogP contribution in [0.5, 0.6) is 5.75 Å². The van der Waals surface area contributed by atoms with Crippen LogP contribution >= 0.6 is 0 Å². The number of carbonyl (C=O) groups excluding carboxylic acids is 1. The fourth-order valence-electron chi connectivity index (χ4n) is 1.20. The third-order valence-electron chi connectivity index (χ3n) is 1.97. The molecule has 1 aromatic heterocycles. The minimum Gasteiger partial charge on any atom is -0.462 e. The minimum absolute atomic E-state index is 0.0566. The van der Waals surface area contributed by atoms with Crippen molar-refractivity contribution in [3.63, 3.8) is 0 Å². The maximum Gasteiger partial charge on any atom is 0.274 e. The topological polar surface area (TPSA) is 77.8 Å². The number of carbonyl (C=O) groups is 1. The van der Waals surface area contributed by atoms with Gasteiger partial charge in [-0.05, 0) is 24.3 Å². The van der Waals surface area contributed by atoms with Gasteiger partial charge in [0, 0.05) is 0 Å². The predicted octanol–water partition coefficient (Wildman–Crippen LogP) is 1.55. The quantitative estimate of drug-likeness (QED) is 0.639. The standard InChI is InChI=1S/C12H10N2O3/c13-12(15)11(10-7-4-8-16-10)14-17-9-5-2-1-3-6-9/h1-8H,(H2,13,15)/b14-11-. The Morgan fingerprint density at radius 1 is 1.18 bits per heavy atom. The predicted molar refractivity (Wildman–Crippen MR) is 61.5 cm³/mol. The fourth-order valence-corrected chi connectivity index (χ4v) is 1.20. The van der Waals surface area contributed by atoms with Crippen molar-refractivity contribution in [1.29, 1.82) is 0 Å². The summed E-state index contributed by atoms with van der Waals surface area (Å²) in [5, 5.41) is 3.68. The number of para-hydroxylation sites is 1. The second kappa shape index (κ2) is 4.98. The van der Waals surface area contributed by atoms with Crippen molar-refractivity contribution >= 4 is 11.6 Å². The Labute approximate surface area is 97.5 Å². The van der Waals surface area contributed by atoms with E-state index in [9.17, 15) is 4.79 Å². The first-order valence-corrected chi connectivity index (χ1v) is 4.91. The van der Waals surface area contributed by atoms with Gasteiger partial charge in [-0.1, -0.05) is 23.4 Å². The van der Waals surface area contributed by atoms with E-state index in [1.165, 1.54) is 6.26 Å². The Morgan fingerprint density at radius 3 is 2.53 bits per heavy atom. The van der Waals surface area contributed by atoms with E-state index in [1.807, 2.05) is 6.07 Å². The Bertz CT molecular complexity index is 518. The first-order chi connectivity index (χ1) is 8.27. The summed E-state index contributed by atoms with van der Waals surface area (Å²) < 4.78 is 5.03. The van der Waals surface area contributed by atoms with Crippen LogP contribution in [-0.4, -0.2) is 11.6 Å². The average Bonchev–Trinajstić information content (AvgIpc) is 2.84.